The van der Waals surface area contributed by atoms with Gasteiger partial charge in [0.05, 0.1) is 24.4 Å². The fraction of sp³-hybridized carbons (Fsp3) is 0.500. The van der Waals surface area contributed by atoms with Gasteiger partial charge < -0.3 is 9.64 Å². The van der Waals surface area contributed by atoms with Crippen LogP contribution in [0.5, 0.6) is 5.88 Å². The number of hydrogen-bond acceptors (Lipinski definition) is 5. The van der Waals surface area contributed by atoms with Gasteiger partial charge in [0.1, 0.15) is 11.5 Å². The summed E-state index contributed by atoms with van der Waals surface area (Å²) >= 11 is 0. The quantitative estimate of drug-likeness (QED) is 0.863. The third-order valence-corrected chi connectivity index (χ3v) is 4.25. The Balaban J connectivity index is 1.96. The Hall–Kier alpha value is -2.44. The van der Waals surface area contributed by atoms with Crippen LogP contribution in [0.2, 0.25) is 0 Å². The minimum atomic E-state index is -0.0664. The Morgan fingerprint density at radius 2 is 2.17 bits per heavy atom. The lowest BCUT2D eigenvalue weighted by Gasteiger charge is -2.25. The predicted octanol–water partition coefficient (Wildman–Crippen LogP) is 1.81. The molecule has 1 fully saturated rings. The van der Waals surface area contributed by atoms with Crippen molar-refractivity contribution in [3.63, 3.8) is 0 Å². The van der Waals surface area contributed by atoms with Gasteiger partial charge in [0.15, 0.2) is 0 Å². The van der Waals surface area contributed by atoms with Crippen LogP contribution >= 0.6 is 0 Å². The SMILES string of the molecule is COc1c([C@H]2CCCN2C(=O)c2ccnc(C)n2)c(C)nn1C. The summed E-state index contributed by atoms with van der Waals surface area (Å²) in [5.74, 6) is 1.25. The smallest absolute Gasteiger partial charge is 0.273 e. The summed E-state index contributed by atoms with van der Waals surface area (Å²) < 4.78 is 7.22. The predicted molar refractivity (Wildman–Crippen MR) is 84.3 cm³/mol. The van der Waals surface area contributed by atoms with E-state index >= 15 is 0 Å². The molecule has 23 heavy (non-hydrogen) atoms. The van der Waals surface area contributed by atoms with Gasteiger partial charge in [-0.05, 0) is 32.8 Å². The van der Waals surface area contributed by atoms with E-state index in [0.717, 1.165) is 24.1 Å². The molecule has 0 spiro atoms. The number of aryl methyl sites for hydroxylation is 3. The largest absolute Gasteiger partial charge is 0.481 e. The molecule has 7 nitrogen and oxygen atoms in total. The Morgan fingerprint density at radius 1 is 1.39 bits per heavy atom. The normalized spacial score (nSPS) is 17.6. The molecule has 122 valence electrons. The highest BCUT2D eigenvalue weighted by molar-refractivity contribution is 5.92. The van der Waals surface area contributed by atoms with Gasteiger partial charge >= 0.3 is 0 Å². The highest BCUT2D eigenvalue weighted by Crippen LogP contribution is 2.39. The van der Waals surface area contributed by atoms with Crippen LogP contribution in [0.3, 0.4) is 0 Å². The third-order valence-electron chi connectivity index (χ3n) is 4.25. The Labute approximate surface area is 135 Å². The summed E-state index contributed by atoms with van der Waals surface area (Å²) in [6, 6.07) is 1.64. The second-order valence-corrected chi connectivity index (χ2v) is 5.78. The van der Waals surface area contributed by atoms with Crippen LogP contribution in [0.1, 0.15) is 46.5 Å². The summed E-state index contributed by atoms with van der Waals surface area (Å²) in [5.41, 5.74) is 2.32. The minimum absolute atomic E-state index is 0.0265. The fourth-order valence-electron chi connectivity index (χ4n) is 3.31. The summed E-state index contributed by atoms with van der Waals surface area (Å²) in [6.07, 6.45) is 3.48. The second-order valence-electron chi connectivity index (χ2n) is 5.78. The first kappa shape index (κ1) is 15.5. The first-order valence-electron chi connectivity index (χ1n) is 7.71. The van der Waals surface area contributed by atoms with Crippen molar-refractivity contribution in [2.45, 2.75) is 32.7 Å². The Morgan fingerprint density at radius 3 is 2.87 bits per heavy atom. The van der Waals surface area contributed by atoms with E-state index in [4.69, 9.17) is 4.74 Å². The molecule has 0 bridgehead atoms. The number of carbonyl (C=O) groups excluding carboxylic acids is 1. The lowest BCUT2D eigenvalue weighted by molar-refractivity contribution is 0.0727. The molecule has 0 N–H and O–H groups in total. The zero-order chi connectivity index (χ0) is 16.6. The van der Waals surface area contributed by atoms with Crippen LogP contribution in [0.15, 0.2) is 12.3 Å². The topological polar surface area (TPSA) is 73.1 Å². The van der Waals surface area contributed by atoms with Crippen LogP contribution in [-0.2, 0) is 7.05 Å². The van der Waals surface area contributed by atoms with Crippen molar-refractivity contribution in [3.8, 4) is 5.88 Å². The highest BCUT2D eigenvalue weighted by atomic mass is 16.5. The number of amides is 1. The van der Waals surface area contributed by atoms with Gasteiger partial charge in [-0.15, -0.1) is 0 Å². The van der Waals surface area contributed by atoms with Crippen LogP contribution in [-0.4, -0.2) is 44.2 Å². The first-order valence-corrected chi connectivity index (χ1v) is 7.71. The van der Waals surface area contributed by atoms with Crippen LogP contribution < -0.4 is 4.74 Å². The molecule has 1 aliphatic rings. The maximum absolute atomic E-state index is 12.9. The molecule has 3 rings (SSSR count). The maximum Gasteiger partial charge on any atom is 0.273 e. The van der Waals surface area contributed by atoms with E-state index in [9.17, 15) is 4.79 Å². The van der Waals surface area contributed by atoms with Gasteiger partial charge in [-0.25, -0.2) is 14.6 Å². The van der Waals surface area contributed by atoms with Crippen molar-refractivity contribution >= 4 is 5.91 Å². The number of methoxy groups -OCH3 is 1. The van der Waals surface area contributed by atoms with Gasteiger partial charge in [-0.3, -0.25) is 4.79 Å². The Bertz CT molecular complexity index is 740. The summed E-state index contributed by atoms with van der Waals surface area (Å²) in [5, 5.41) is 4.44. The van der Waals surface area contributed by atoms with Crippen molar-refractivity contribution < 1.29 is 9.53 Å². The lowest BCUT2D eigenvalue weighted by Crippen LogP contribution is -2.31. The first-order chi connectivity index (χ1) is 11.0. The van der Waals surface area contributed by atoms with Gasteiger partial charge in [0, 0.05) is 19.8 Å². The van der Waals surface area contributed by atoms with E-state index in [0.29, 0.717) is 23.9 Å². The van der Waals surface area contributed by atoms with Crippen LogP contribution in [0.4, 0.5) is 0 Å². The molecule has 0 unspecified atom stereocenters. The van der Waals surface area contributed by atoms with Crippen molar-refractivity contribution in [2.24, 2.45) is 7.05 Å². The molecule has 0 aliphatic carbocycles. The number of ether oxygens (including phenoxy) is 1. The fourth-order valence-corrected chi connectivity index (χ4v) is 3.31. The van der Waals surface area contributed by atoms with E-state index in [1.807, 2.05) is 18.9 Å². The number of carbonyl (C=O) groups is 1. The molecule has 1 aliphatic heterocycles. The minimum Gasteiger partial charge on any atom is -0.481 e. The van der Waals surface area contributed by atoms with Crippen molar-refractivity contribution in [3.05, 3.63) is 35.0 Å². The molecule has 0 radical (unpaired) electrons. The molecule has 7 heteroatoms. The van der Waals surface area contributed by atoms with E-state index in [1.54, 1.807) is 31.0 Å². The number of hydrogen-bond donors (Lipinski definition) is 0. The molecular formula is C16H21N5O2. The second kappa shape index (κ2) is 5.98. The molecular weight excluding hydrogens is 294 g/mol. The molecule has 2 aromatic rings. The number of aromatic nitrogens is 4. The van der Waals surface area contributed by atoms with E-state index < -0.39 is 0 Å². The van der Waals surface area contributed by atoms with Gasteiger partial charge in [0.2, 0.25) is 5.88 Å². The Kier molecular flexibility index (Phi) is 4.02. The van der Waals surface area contributed by atoms with Crippen LogP contribution in [0, 0.1) is 13.8 Å². The molecule has 2 aromatic heterocycles. The summed E-state index contributed by atoms with van der Waals surface area (Å²) in [7, 11) is 3.49. The standard InChI is InChI=1S/C16H21N5O2/c1-10-14(16(23-4)20(3)19-10)13-6-5-9-21(13)15(22)12-7-8-17-11(2)18-12/h7-8,13H,5-6,9H2,1-4H3/t13-/m1/s1. The maximum atomic E-state index is 12.9. The van der Waals surface area contributed by atoms with Crippen LogP contribution in [0.25, 0.3) is 0 Å². The number of nitrogens with zero attached hydrogens (tertiary/aromatic N) is 5. The van der Waals surface area contributed by atoms with Gasteiger partial charge in [0.25, 0.3) is 5.91 Å². The number of likely N-dealkylation sites (tertiary alicyclic amines) is 1. The van der Waals surface area contributed by atoms with Gasteiger partial charge in [-0.1, -0.05) is 0 Å². The molecule has 0 aromatic carbocycles. The average Bonchev–Trinajstić information content (AvgIpc) is 3.09. The average molecular weight is 315 g/mol. The van der Waals surface area contributed by atoms with Gasteiger partial charge in [-0.2, -0.15) is 5.10 Å². The highest BCUT2D eigenvalue weighted by Gasteiger charge is 2.35. The van der Waals surface area contributed by atoms with E-state index in [2.05, 4.69) is 15.1 Å². The zero-order valence-electron chi connectivity index (χ0n) is 13.9. The molecule has 3 heterocycles. The molecule has 1 amide bonds. The summed E-state index contributed by atoms with van der Waals surface area (Å²) in [4.78, 5) is 23.1. The van der Waals surface area contributed by atoms with E-state index in [1.165, 1.54) is 0 Å². The van der Waals surface area contributed by atoms with Crippen molar-refractivity contribution in [1.29, 1.82) is 0 Å². The van der Waals surface area contributed by atoms with Crippen molar-refractivity contribution in [1.82, 2.24) is 24.6 Å². The lowest BCUT2D eigenvalue weighted by atomic mass is 10.0. The third kappa shape index (κ3) is 2.67. The molecule has 1 saturated heterocycles. The zero-order valence-corrected chi connectivity index (χ0v) is 13.9. The monoisotopic (exact) mass is 315 g/mol. The summed E-state index contributed by atoms with van der Waals surface area (Å²) in [6.45, 7) is 4.45. The number of rotatable bonds is 3. The van der Waals surface area contributed by atoms with E-state index in [-0.39, 0.29) is 11.9 Å². The van der Waals surface area contributed by atoms with Crippen molar-refractivity contribution in [2.75, 3.05) is 13.7 Å². The molecule has 0 saturated carbocycles. The molecule has 1 atom stereocenters.